The first kappa shape index (κ1) is 13.5. The van der Waals surface area contributed by atoms with Crippen LogP contribution < -0.4 is 10.5 Å². The van der Waals surface area contributed by atoms with Crippen LogP contribution in [0.1, 0.15) is 24.1 Å². The molecule has 0 aliphatic carbocycles. The topological polar surface area (TPSA) is 35.2 Å². The third-order valence-electron chi connectivity index (χ3n) is 2.85. The summed E-state index contributed by atoms with van der Waals surface area (Å²) in [4.78, 5) is 0. The molecule has 1 atom stereocenters. The zero-order valence-corrected chi connectivity index (χ0v) is 10.6. The van der Waals surface area contributed by atoms with Crippen LogP contribution in [-0.4, -0.2) is 0 Å². The number of ether oxygens (including phenoxy) is 1. The molecule has 2 aromatic carbocycles. The molecule has 0 fully saturated rings. The summed E-state index contributed by atoms with van der Waals surface area (Å²) in [6.07, 6.45) is 0. The number of nitrogens with two attached hydrogens (primary N) is 1. The smallest absolute Gasteiger partial charge is 0.132 e. The summed E-state index contributed by atoms with van der Waals surface area (Å²) < 4.78 is 32.1. The Balaban J connectivity index is 2.06. The molecule has 4 heteroatoms. The third-order valence-corrected chi connectivity index (χ3v) is 2.85. The minimum atomic E-state index is -0.604. The largest absolute Gasteiger partial charge is 0.489 e. The van der Waals surface area contributed by atoms with Gasteiger partial charge >= 0.3 is 0 Å². The summed E-state index contributed by atoms with van der Waals surface area (Å²) in [6, 6.07) is 10.8. The van der Waals surface area contributed by atoms with Crippen molar-refractivity contribution in [2.75, 3.05) is 0 Å². The molecule has 0 saturated carbocycles. The van der Waals surface area contributed by atoms with E-state index in [1.807, 2.05) is 19.1 Å². The first-order valence-electron chi connectivity index (χ1n) is 5.99. The summed E-state index contributed by atoms with van der Waals surface area (Å²) >= 11 is 0. The molecule has 2 aromatic rings. The second-order valence-corrected chi connectivity index (χ2v) is 4.35. The first-order chi connectivity index (χ1) is 9.08. The van der Waals surface area contributed by atoms with Gasteiger partial charge in [0.25, 0.3) is 0 Å². The highest BCUT2D eigenvalue weighted by molar-refractivity contribution is 5.29. The summed E-state index contributed by atoms with van der Waals surface area (Å²) in [5.74, 6) is -0.661. The van der Waals surface area contributed by atoms with Crippen LogP contribution in [0.3, 0.4) is 0 Å². The Hall–Kier alpha value is -1.94. The van der Waals surface area contributed by atoms with E-state index in [1.165, 1.54) is 18.2 Å². The van der Waals surface area contributed by atoms with Gasteiger partial charge in [-0.25, -0.2) is 8.78 Å². The van der Waals surface area contributed by atoms with E-state index in [2.05, 4.69) is 0 Å². The molecule has 0 bridgehead atoms. The minimum absolute atomic E-state index is 0.0573. The van der Waals surface area contributed by atoms with Crippen molar-refractivity contribution in [1.82, 2.24) is 0 Å². The van der Waals surface area contributed by atoms with E-state index in [1.54, 1.807) is 12.1 Å². The van der Waals surface area contributed by atoms with Crippen molar-refractivity contribution in [3.63, 3.8) is 0 Å². The van der Waals surface area contributed by atoms with Crippen molar-refractivity contribution >= 4 is 0 Å². The normalized spacial score (nSPS) is 12.2. The van der Waals surface area contributed by atoms with Gasteiger partial charge in [0.15, 0.2) is 0 Å². The average Bonchev–Trinajstić information content (AvgIpc) is 2.38. The highest BCUT2D eigenvalue weighted by Crippen LogP contribution is 2.19. The van der Waals surface area contributed by atoms with Crippen molar-refractivity contribution in [3.05, 3.63) is 65.2 Å². The summed E-state index contributed by atoms with van der Waals surface area (Å²) in [5, 5.41) is 0. The second-order valence-electron chi connectivity index (χ2n) is 4.35. The van der Waals surface area contributed by atoms with Gasteiger partial charge < -0.3 is 10.5 Å². The number of halogens is 2. The number of benzene rings is 2. The molecule has 19 heavy (non-hydrogen) atoms. The maximum Gasteiger partial charge on any atom is 0.132 e. The Morgan fingerprint density at radius 3 is 2.16 bits per heavy atom. The summed E-state index contributed by atoms with van der Waals surface area (Å²) in [7, 11) is 0. The van der Waals surface area contributed by atoms with Gasteiger partial charge in [-0.2, -0.15) is 0 Å². The minimum Gasteiger partial charge on any atom is -0.489 e. The Morgan fingerprint density at radius 2 is 1.63 bits per heavy atom. The lowest BCUT2D eigenvalue weighted by Gasteiger charge is -2.10. The van der Waals surface area contributed by atoms with Crippen LogP contribution in [0.5, 0.6) is 5.75 Å². The van der Waals surface area contributed by atoms with E-state index < -0.39 is 11.6 Å². The zero-order valence-electron chi connectivity index (χ0n) is 10.6. The van der Waals surface area contributed by atoms with Gasteiger partial charge in [0, 0.05) is 6.04 Å². The molecule has 0 unspecified atom stereocenters. The van der Waals surface area contributed by atoms with Crippen LogP contribution >= 0.6 is 0 Å². The first-order valence-corrected chi connectivity index (χ1v) is 5.99. The molecular weight excluding hydrogens is 248 g/mol. The highest BCUT2D eigenvalue weighted by Gasteiger charge is 2.09. The molecule has 0 saturated heterocycles. The molecule has 0 radical (unpaired) electrons. The SMILES string of the molecule is C[C@@H](N)c1ccc(OCc2c(F)cccc2F)cc1. The van der Waals surface area contributed by atoms with Crippen LogP contribution in [-0.2, 0) is 6.61 Å². The maximum atomic E-state index is 13.4. The van der Waals surface area contributed by atoms with Gasteiger partial charge in [-0.3, -0.25) is 0 Å². The van der Waals surface area contributed by atoms with Crippen molar-refractivity contribution in [1.29, 1.82) is 0 Å². The van der Waals surface area contributed by atoms with Gasteiger partial charge in [0.2, 0.25) is 0 Å². The lowest BCUT2D eigenvalue weighted by Crippen LogP contribution is -2.05. The van der Waals surface area contributed by atoms with Gasteiger partial charge in [0.05, 0.1) is 5.56 Å². The van der Waals surface area contributed by atoms with Gasteiger partial charge in [-0.15, -0.1) is 0 Å². The summed E-state index contributed by atoms with van der Waals surface area (Å²) in [5.41, 5.74) is 6.63. The number of hydrogen-bond acceptors (Lipinski definition) is 2. The fourth-order valence-electron chi connectivity index (χ4n) is 1.69. The van der Waals surface area contributed by atoms with Crippen LogP contribution in [0.15, 0.2) is 42.5 Å². The number of rotatable bonds is 4. The second kappa shape index (κ2) is 5.80. The molecule has 2 N–H and O–H groups in total. The zero-order chi connectivity index (χ0) is 13.8. The monoisotopic (exact) mass is 263 g/mol. The predicted molar refractivity (Wildman–Crippen MR) is 69.7 cm³/mol. The molecule has 0 spiro atoms. The molecule has 100 valence electrons. The fraction of sp³-hybridized carbons (Fsp3) is 0.200. The van der Waals surface area contributed by atoms with Crippen LogP contribution in [0.4, 0.5) is 8.78 Å². The lowest BCUT2D eigenvalue weighted by atomic mass is 10.1. The van der Waals surface area contributed by atoms with E-state index in [-0.39, 0.29) is 18.2 Å². The average molecular weight is 263 g/mol. The Labute approximate surface area is 110 Å². The standard InChI is InChI=1S/C15H15F2NO/c1-10(18)11-5-7-12(8-6-11)19-9-13-14(16)3-2-4-15(13)17/h2-8,10H,9,18H2,1H3/t10-/m1/s1. The van der Waals surface area contributed by atoms with Gasteiger partial charge in [0.1, 0.15) is 24.0 Å². The quantitative estimate of drug-likeness (QED) is 0.915. The van der Waals surface area contributed by atoms with E-state index >= 15 is 0 Å². The van der Waals surface area contributed by atoms with Crippen LogP contribution in [0, 0.1) is 11.6 Å². The Morgan fingerprint density at radius 1 is 1.05 bits per heavy atom. The van der Waals surface area contributed by atoms with E-state index in [4.69, 9.17) is 10.5 Å². The van der Waals surface area contributed by atoms with Gasteiger partial charge in [-0.05, 0) is 36.8 Å². The molecule has 0 aromatic heterocycles. The van der Waals surface area contributed by atoms with E-state index in [9.17, 15) is 8.78 Å². The van der Waals surface area contributed by atoms with Crippen molar-refractivity contribution < 1.29 is 13.5 Å². The van der Waals surface area contributed by atoms with E-state index in [0.29, 0.717) is 5.75 Å². The molecule has 0 aliphatic rings. The van der Waals surface area contributed by atoms with Crippen LogP contribution in [0.2, 0.25) is 0 Å². The molecular formula is C15H15F2NO. The lowest BCUT2D eigenvalue weighted by molar-refractivity contribution is 0.292. The van der Waals surface area contributed by atoms with Crippen molar-refractivity contribution in [2.24, 2.45) is 5.73 Å². The molecule has 2 rings (SSSR count). The Bertz CT molecular complexity index is 532. The molecule has 2 nitrogen and oxygen atoms in total. The molecule has 0 amide bonds. The summed E-state index contributed by atoms with van der Waals surface area (Å²) in [6.45, 7) is 1.74. The van der Waals surface area contributed by atoms with Crippen molar-refractivity contribution in [2.45, 2.75) is 19.6 Å². The fourth-order valence-corrected chi connectivity index (χ4v) is 1.69. The van der Waals surface area contributed by atoms with Gasteiger partial charge in [-0.1, -0.05) is 18.2 Å². The molecule has 0 aliphatic heterocycles. The predicted octanol–water partition coefficient (Wildman–Crippen LogP) is 3.56. The third kappa shape index (κ3) is 3.29. The molecule has 0 heterocycles. The Kier molecular flexibility index (Phi) is 4.12. The van der Waals surface area contributed by atoms with Crippen molar-refractivity contribution in [3.8, 4) is 5.75 Å². The van der Waals surface area contributed by atoms with Crippen LogP contribution in [0.25, 0.3) is 0 Å². The number of hydrogen-bond donors (Lipinski definition) is 1. The highest BCUT2D eigenvalue weighted by atomic mass is 19.1. The maximum absolute atomic E-state index is 13.4. The van der Waals surface area contributed by atoms with E-state index in [0.717, 1.165) is 5.56 Å².